The Morgan fingerprint density at radius 2 is 2.17 bits per heavy atom. The maximum absolute atomic E-state index is 11.6. The zero-order chi connectivity index (χ0) is 13.3. The average molecular weight is 269 g/mol. The highest BCUT2D eigenvalue weighted by atomic mass is 32.2. The van der Waals surface area contributed by atoms with Crippen LogP contribution in [0, 0.1) is 6.92 Å². The van der Waals surface area contributed by atoms with E-state index in [0.717, 1.165) is 16.8 Å². The monoisotopic (exact) mass is 269 g/mol. The lowest BCUT2D eigenvalue weighted by molar-refractivity contribution is 0.282. The molecule has 0 radical (unpaired) electrons. The van der Waals surface area contributed by atoms with Crippen LogP contribution in [0.3, 0.4) is 0 Å². The van der Waals surface area contributed by atoms with E-state index < -0.39 is 9.84 Å². The van der Waals surface area contributed by atoms with Gasteiger partial charge in [0.15, 0.2) is 9.84 Å². The van der Waals surface area contributed by atoms with Gasteiger partial charge in [0.05, 0.1) is 18.1 Å². The van der Waals surface area contributed by atoms with Crippen molar-refractivity contribution in [3.63, 3.8) is 0 Å². The van der Waals surface area contributed by atoms with Crippen molar-refractivity contribution < 1.29 is 13.5 Å². The summed E-state index contributed by atoms with van der Waals surface area (Å²) in [6.45, 7) is 4.37. The summed E-state index contributed by atoms with van der Waals surface area (Å²) in [6, 6.07) is 5.86. The van der Waals surface area contributed by atoms with Gasteiger partial charge in [-0.2, -0.15) is 0 Å². The first kappa shape index (κ1) is 13.4. The van der Waals surface area contributed by atoms with E-state index in [2.05, 4.69) is 4.90 Å². The van der Waals surface area contributed by atoms with Crippen LogP contribution in [0.4, 0.5) is 5.69 Å². The third kappa shape index (κ3) is 2.67. The number of aliphatic hydroxyl groups excluding tert-OH is 1. The van der Waals surface area contributed by atoms with Crippen LogP contribution < -0.4 is 4.90 Å². The van der Waals surface area contributed by atoms with Crippen molar-refractivity contribution in [3.05, 3.63) is 29.3 Å². The molecule has 1 aliphatic heterocycles. The predicted octanol–water partition coefficient (Wildman–Crippen LogP) is 1.11. The Balaban J connectivity index is 2.32. The smallest absolute Gasteiger partial charge is 0.154 e. The standard InChI is InChI=1S/C13H19NO3S/c1-10-3-4-13(12(7-10)8-15)14-5-6-18(16,17)9-11(14)2/h3-4,7,11,15H,5-6,8-9H2,1-2H3. The van der Waals surface area contributed by atoms with Crippen LogP contribution in [0.5, 0.6) is 0 Å². The summed E-state index contributed by atoms with van der Waals surface area (Å²) in [5.41, 5.74) is 2.91. The Labute approximate surface area is 108 Å². The van der Waals surface area contributed by atoms with Crippen molar-refractivity contribution in [2.75, 3.05) is 23.0 Å². The summed E-state index contributed by atoms with van der Waals surface area (Å²) in [7, 11) is -2.90. The van der Waals surface area contributed by atoms with E-state index in [1.54, 1.807) is 0 Å². The molecule has 100 valence electrons. The second-order valence-corrected chi connectivity index (χ2v) is 7.18. The molecule has 1 fully saturated rings. The summed E-state index contributed by atoms with van der Waals surface area (Å²) in [5.74, 6) is 0.377. The van der Waals surface area contributed by atoms with Gasteiger partial charge in [0.2, 0.25) is 0 Å². The molecule has 2 rings (SSSR count). The van der Waals surface area contributed by atoms with Crippen LogP contribution in [0.2, 0.25) is 0 Å². The molecule has 1 aliphatic rings. The van der Waals surface area contributed by atoms with Crippen LogP contribution in [0.15, 0.2) is 18.2 Å². The molecule has 1 unspecified atom stereocenters. The normalized spacial score (nSPS) is 23.1. The molecule has 0 saturated carbocycles. The minimum absolute atomic E-state index is 0.0208. The molecule has 1 atom stereocenters. The number of anilines is 1. The number of hydrogen-bond acceptors (Lipinski definition) is 4. The fourth-order valence-corrected chi connectivity index (χ4v) is 4.03. The number of hydrogen-bond donors (Lipinski definition) is 1. The second kappa shape index (κ2) is 4.90. The van der Waals surface area contributed by atoms with Crippen molar-refractivity contribution in [1.82, 2.24) is 0 Å². The highest BCUT2D eigenvalue weighted by Gasteiger charge is 2.29. The van der Waals surface area contributed by atoms with E-state index >= 15 is 0 Å². The molecule has 0 bridgehead atoms. The van der Waals surface area contributed by atoms with Crippen molar-refractivity contribution in [2.45, 2.75) is 26.5 Å². The van der Waals surface area contributed by atoms with Crippen molar-refractivity contribution in [2.24, 2.45) is 0 Å². The zero-order valence-corrected chi connectivity index (χ0v) is 11.6. The van der Waals surface area contributed by atoms with Crippen molar-refractivity contribution >= 4 is 15.5 Å². The molecule has 0 aliphatic carbocycles. The van der Waals surface area contributed by atoms with Crippen molar-refractivity contribution in [3.8, 4) is 0 Å². The van der Waals surface area contributed by atoms with Gasteiger partial charge in [-0.3, -0.25) is 0 Å². The fraction of sp³-hybridized carbons (Fsp3) is 0.538. The Morgan fingerprint density at radius 3 is 2.78 bits per heavy atom. The molecular formula is C13H19NO3S. The first-order chi connectivity index (χ1) is 8.43. The number of sulfone groups is 1. The molecule has 0 aromatic heterocycles. The molecule has 18 heavy (non-hydrogen) atoms. The lowest BCUT2D eigenvalue weighted by atomic mass is 10.1. The van der Waals surface area contributed by atoms with Crippen LogP contribution >= 0.6 is 0 Å². The fourth-order valence-electron chi connectivity index (χ4n) is 2.48. The van der Waals surface area contributed by atoms with Gasteiger partial charge in [-0.15, -0.1) is 0 Å². The highest BCUT2D eigenvalue weighted by Crippen LogP contribution is 2.26. The third-order valence-corrected chi connectivity index (χ3v) is 5.18. The summed E-state index contributed by atoms with van der Waals surface area (Å²) in [4.78, 5) is 2.08. The van der Waals surface area contributed by atoms with Gasteiger partial charge in [0.25, 0.3) is 0 Å². The van der Waals surface area contributed by atoms with E-state index in [0.29, 0.717) is 6.54 Å². The van der Waals surface area contributed by atoms with Gasteiger partial charge in [-0.05, 0) is 19.9 Å². The number of aryl methyl sites for hydroxylation is 1. The quantitative estimate of drug-likeness (QED) is 0.874. The molecular weight excluding hydrogens is 250 g/mol. The van der Waals surface area contributed by atoms with E-state index in [1.807, 2.05) is 32.0 Å². The largest absolute Gasteiger partial charge is 0.392 e. The average Bonchev–Trinajstić information content (AvgIpc) is 2.29. The van der Waals surface area contributed by atoms with E-state index in [9.17, 15) is 13.5 Å². The molecule has 1 aromatic rings. The van der Waals surface area contributed by atoms with Gasteiger partial charge >= 0.3 is 0 Å². The number of aliphatic hydroxyl groups is 1. The lowest BCUT2D eigenvalue weighted by Gasteiger charge is -2.36. The first-order valence-corrected chi connectivity index (χ1v) is 7.92. The summed E-state index contributed by atoms with van der Waals surface area (Å²) < 4.78 is 23.1. The van der Waals surface area contributed by atoms with Gasteiger partial charge in [0, 0.05) is 23.8 Å². The van der Waals surface area contributed by atoms with Crippen LogP contribution in [0.1, 0.15) is 18.1 Å². The minimum Gasteiger partial charge on any atom is -0.392 e. The SMILES string of the molecule is Cc1ccc(N2CCS(=O)(=O)CC2C)c(CO)c1. The highest BCUT2D eigenvalue weighted by molar-refractivity contribution is 7.91. The van der Waals surface area contributed by atoms with Crippen LogP contribution in [0.25, 0.3) is 0 Å². The number of benzene rings is 1. The molecule has 0 spiro atoms. The lowest BCUT2D eigenvalue weighted by Crippen LogP contribution is -2.47. The molecule has 1 heterocycles. The number of nitrogens with zero attached hydrogens (tertiary/aromatic N) is 1. The van der Waals surface area contributed by atoms with E-state index in [4.69, 9.17) is 0 Å². The molecule has 1 aromatic carbocycles. The Bertz CT molecular complexity index is 539. The Hall–Kier alpha value is -1.07. The molecule has 1 saturated heterocycles. The molecule has 0 amide bonds. The zero-order valence-electron chi connectivity index (χ0n) is 10.8. The predicted molar refractivity (Wildman–Crippen MR) is 72.6 cm³/mol. The van der Waals surface area contributed by atoms with Gasteiger partial charge in [-0.25, -0.2) is 8.42 Å². The van der Waals surface area contributed by atoms with Crippen LogP contribution in [-0.4, -0.2) is 37.6 Å². The third-order valence-electron chi connectivity index (χ3n) is 3.39. The Morgan fingerprint density at radius 1 is 1.44 bits per heavy atom. The maximum atomic E-state index is 11.6. The van der Waals surface area contributed by atoms with Crippen molar-refractivity contribution in [1.29, 1.82) is 0 Å². The summed E-state index contributed by atoms with van der Waals surface area (Å²) in [6.07, 6.45) is 0. The van der Waals surface area contributed by atoms with Gasteiger partial charge in [-0.1, -0.05) is 17.7 Å². The number of rotatable bonds is 2. The first-order valence-electron chi connectivity index (χ1n) is 6.10. The van der Waals surface area contributed by atoms with Crippen LogP contribution in [-0.2, 0) is 16.4 Å². The molecule has 1 N–H and O–H groups in total. The van der Waals surface area contributed by atoms with E-state index in [-0.39, 0.29) is 24.2 Å². The topological polar surface area (TPSA) is 57.6 Å². The van der Waals surface area contributed by atoms with Gasteiger partial charge < -0.3 is 10.0 Å². The summed E-state index contributed by atoms with van der Waals surface area (Å²) in [5, 5.41) is 9.42. The second-order valence-electron chi connectivity index (χ2n) is 4.95. The van der Waals surface area contributed by atoms with E-state index in [1.165, 1.54) is 0 Å². The summed E-state index contributed by atoms with van der Waals surface area (Å²) >= 11 is 0. The molecule has 4 nitrogen and oxygen atoms in total. The minimum atomic E-state index is -2.90. The maximum Gasteiger partial charge on any atom is 0.154 e. The van der Waals surface area contributed by atoms with Gasteiger partial charge in [0.1, 0.15) is 0 Å². The Kier molecular flexibility index (Phi) is 3.64. The molecule has 5 heteroatoms.